The molecule has 2 aliphatic rings. The molecule has 7 nitrogen and oxygen atoms in total. The SMILES string of the molecule is CCOc1ccccc1NC(=O)CN1C(=O)NC2(CCCCCCC2)C1=O. The minimum Gasteiger partial charge on any atom is -0.492 e. The van der Waals surface area contributed by atoms with Crippen molar-refractivity contribution in [1.82, 2.24) is 10.2 Å². The maximum absolute atomic E-state index is 13.0. The average Bonchev–Trinajstić information content (AvgIpc) is 2.85. The van der Waals surface area contributed by atoms with E-state index in [1.165, 1.54) is 6.42 Å². The van der Waals surface area contributed by atoms with Crippen molar-refractivity contribution < 1.29 is 19.1 Å². The second-order valence-corrected chi connectivity index (χ2v) is 7.15. The highest BCUT2D eigenvalue weighted by atomic mass is 16.5. The van der Waals surface area contributed by atoms with Gasteiger partial charge >= 0.3 is 6.03 Å². The number of nitrogens with zero attached hydrogens (tertiary/aromatic N) is 1. The fourth-order valence-electron chi connectivity index (χ4n) is 3.85. The van der Waals surface area contributed by atoms with Crippen LogP contribution < -0.4 is 15.4 Å². The maximum atomic E-state index is 13.0. The third-order valence-corrected chi connectivity index (χ3v) is 5.22. The van der Waals surface area contributed by atoms with Crippen LogP contribution in [0.25, 0.3) is 0 Å². The number of hydrogen-bond acceptors (Lipinski definition) is 4. The minimum atomic E-state index is -0.832. The van der Waals surface area contributed by atoms with E-state index < -0.39 is 17.5 Å². The van der Waals surface area contributed by atoms with E-state index in [4.69, 9.17) is 4.74 Å². The molecule has 4 amide bonds. The number of ether oxygens (including phenoxy) is 1. The van der Waals surface area contributed by atoms with Gasteiger partial charge in [-0.25, -0.2) is 4.79 Å². The molecule has 0 bridgehead atoms. The van der Waals surface area contributed by atoms with E-state index in [0.29, 0.717) is 30.9 Å². The number of anilines is 1. The van der Waals surface area contributed by atoms with Crippen LogP contribution in [-0.2, 0) is 9.59 Å². The monoisotopic (exact) mass is 373 g/mol. The Morgan fingerprint density at radius 3 is 2.52 bits per heavy atom. The first-order valence-corrected chi connectivity index (χ1v) is 9.71. The van der Waals surface area contributed by atoms with Crippen LogP contribution in [0.15, 0.2) is 24.3 Å². The van der Waals surface area contributed by atoms with Crippen LogP contribution in [0.4, 0.5) is 10.5 Å². The Morgan fingerprint density at radius 1 is 1.15 bits per heavy atom. The van der Waals surface area contributed by atoms with Gasteiger partial charge in [-0.3, -0.25) is 14.5 Å². The summed E-state index contributed by atoms with van der Waals surface area (Å²) in [6.07, 6.45) is 6.41. The largest absolute Gasteiger partial charge is 0.492 e. The molecule has 1 aromatic rings. The van der Waals surface area contributed by atoms with Crippen LogP contribution in [0, 0.1) is 0 Å². The molecule has 2 N–H and O–H groups in total. The summed E-state index contributed by atoms with van der Waals surface area (Å²) in [6.45, 7) is 2.04. The molecule has 1 spiro atoms. The summed E-state index contributed by atoms with van der Waals surface area (Å²) < 4.78 is 5.49. The molecule has 0 aromatic heterocycles. The lowest BCUT2D eigenvalue weighted by atomic mass is 9.84. The first-order chi connectivity index (χ1) is 13.1. The van der Waals surface area contributed by atoms with Crippen molar-refractivity contribution in [2.24, 2.45) is 0 Å². The molecular formula is C20H27N3O4. The molecule has 1 saturated heterocycles. The van der Waals surface area contributed by atoms with Gasteiger partial charge in [-0.15, -0.1) is 0 Å². The molecule has 27 heavy (non-hydrogen) atoms. The summed E-state index contributed by atoms with van der Waals surface area (Å²) >= 11 is 0. The molecule has 0 radical (unpaired) electrons. The van der Waals surface area contributed by atoms with Gasteiger partial charge in [0.2, 0.25) is 5.91 Å². The van der Waals surface area contributed by atoms with Gasteiger partial charge in [0.25, 0.3) is 5.91 Å². The van der Waals surface area contributed by atoms with Gasteiger partial charge in [0, 0.05) is 0 Å². The Morgan fingerprint density at radius 2 is 1.81 bits per heavy atom. The predicted octanol–water partition coefficient (Wildman–Crippen LogP) is 3.06. The first-order valence-electron chi connectivity index (χ1n) is 9.71. The highest BCUT2D eigenvalue weighted by Gasteiger charge is 2.50. The molecule has 1 aliphatic heterocycles. The number of amides is 4. The Labute approximate surface area is 159 Å². The third kappa shape index (κ3) is 4.23. The van der Waals surface area contributed by atoms with Crippen LogP contribution >= 0.6 is 0 Å². The average molecular weight is 373 g/mol. The van der Waals surface area contributed by atoms with Crippen molar-refractivity contribution in [3.05, 3.63) is 24.3 Å². The second kappa shape index (κ2) is 8.41. The highest BCUT2D eigenvalue weighted by Crippen LogP contribution is 2.32. The molecule has 0 unspecified atom stereocenters. The van der Waals surface area contributed by atoms with Crippen molar-refractivity contribution in [3.63, 3.8) is 0 Å². The van der Waals surface area contributed by atoms with Gasteiger partial charge < -0.3 is 15.4 Å². The van der Waals surface area contributed by atoms with E-state index in [1.54, 1.807) is 18.2 Å². The van der Waals surface area contributed by atoms with Gasteiger partial charge in [-0.1, -0.05) is 44.2 Å². The molecule has 146 valence electrons. The zero-order valence-electron chi connectivity index (χ0n) is 15.8. The summed E-state index contributed by atoms with van der Waals surface area (Å²) in [5.41, 5.74) is -0.307. The van der Waals surface area contributed by atoms with Gasteiger partial charge in [0.15, 0.2) is 0 Å². The summed E-state index contributed by atoms with van der Waals surface area (Å²) in [5, 5.41) is 5.61. The molecule has 0 atom stereocenters. The lowest BCUT2D eigenvalue weighted by molar-refractivity contribution is -0.134. The van der Waals surface area contributed by atoms with Gasteiger partial charge in [0.05, 0.1) is 12.3 Å². The Balaban J connectivity index is 1.67. The number of benzene rings is 1. The molecule has 1 aromatic carbocycles. The van der Waals surface area contributed by atoms with E-state index in [2.05, 4.69) is 10.6 Å². The van der Waals surface area contributed by atoms with Crippen molar-refractivity contribution in [2.45, 2.75) is 57.4 Å². The lowest BCUT2D eigenvalue weighted by Gasteiger charge is -2.28. The Bertz CT molecular complexity index is 711. The molecule has 1 aliphatic carbocycles. The highest BCUT2D eigenvalue weighted by molar-refractivity contribution is 6.10. The summed E-state index contributed by atoms with van der Waals surface area (Å²) in [4.78, 5) is 38.9. The molecule has 2 fully saturated rings. The normalized spacial score (nSPS) is 19.4. The van der Waals surface area contributed by atoms with Crippen LogP contribution in [-0.4, -0.2) is 41.4 Å². The standard InChI is InChI=1S/C20H27N3O4/c1-2-27-16-11-7-6-10-15(16)21-17(24)14-23-18(25)20(22-19(23)26)12-8-4-3-5-9-13-20/h6-7,10-11H,2-5,8-9,12-14H2,1H3,(H,21,24)(H,22,26). The zero-order valence-corrected chi connectivity index (χ0v) is 15.8. The predicted molar refractivity (Wildman–Crippen MR) is 102 cm³/mol. The second-order valence-electron chi connectivity index (χ2n) is 7.15. The summed E-state index contributed by atoms with van der Waals surface area (Å²) in [5.74, 6) is -0.141. The fourth-order valence-corrected chi connectivity index (χ4v) is 3.85. The first kappa shape index (κ1) is 19.2. The smallest absolute Gasteiger partial charge is 0.325 e. The Kier molecular flexibility index (Phi) is 5.98. The van der Waals surface area contributed by atoms with E-state index in [1.807, 2.05) is 13.0 Å². The van der Waals surface area contributed by atoms with Crippen LogP contribution in [0.1, 0.15) is 51.9 Å². The topological polar surface area (TPSA) is 87.7 Å². The number of nitrogens with one attached hydrogen (secondary N) is 2. The summed E-state index contributed by atoms with van der Waals surface area (Å²) in [7, 11) is 0. The van der Waals surface area contributed by atoms with E-state index >= 15 is 0 Å². The maximum Gasteiger partial charge on any atom is 0.325 e. The van der Waals surface area contributed by atoms with Crippen molar-refractivity contribution in [1.29, 1.82) is 0 Å². The van der Waals surface area contributed by atoms with Crippen LogP contribution in [0.5, 0.6) is 5.75 Å². The number of para-hydroxylation sites is 2. The number of rotatable bonds is 5. The molecule has 1 heterocycles. The molecule has 7 heteroatoms. The van der Waals surface area contributed by atoms with Gasteiger partial charge in [-0.2, -0.15) is 0 Å². The van der Waals surface area contributed by atoms with E-state index in [0.717, 1.165) is 30.6 Å². The van der Waals surface area contributed by atoms with Crippen LogP contribution in [0.3, 0.4) is 0 Å². The van der Waals surface area contributed by atoms with Crippen LogP contribution in [0.2, 0.25) is 0 Å². The van der Waals surface area contributed by atoms with E-state index in [9.17, 15) is 14.4 Å². The van der Waals surface area contributed by atoms with Gasteiger partial charge in [-0.05, 0) is 31.9 Å². The third-order valence-electron chi connectivity index (χ3n) is 5.22. The summed E-state index contributed by atoms with van der Waals surface area (Å²) in [6, 6.07) is 6.61. The van der Waals surface area contributed by atoms with Crippen molar-refractivity contribution in [3.8, 4) is 5.75 Å². The molecular weight excluding hydrogens is 346 g/mol. The molecule has 1 saturated carbocycles. The number of carbonyl (C=O) groups is 3. The lowest BCUT2D eigenvalue weighted by Crippen LogP contribution is -2.47. The fraction of sp³-hybridized carbons (Fsp3) is 0.550. The Hall–Kier alpha value is -2.57. The van der Waals surface area contributed by atoms with Crippen molar-refractivity contribution in [2.75, 3.05) is 18.5 Å². The number of urea groups is 1. The van der Waals surface area contributed by atoms with E-state index in [-0.39, 0.29) is 12.5 Å². The van der Waals surface area contributed by atoms with Crippen molar-refractivity contribution >= 4 is 23.5 Å². The molecule has 3 rings (SSSR count). The number of hydrogen-bond donors (Lipinski definition) is 2. The van der Waals surface area contributed by atoms with Gasteiger partial charge in [0.1, 0.15) is 17.8 Å². The zero-order chi connectivity index (χ0) is 19.3. The number of carbonyl (C=O) groups excluding carboxylic acids is 3. The minimum absolute atomic E-state index is 0.275. The number of imide groups is 1. The quantitative estimate of drug-likeness (QED) is 0.777.